The average Bonchev–Trinajstić information content (AvgIpc) is 3.00. The van der Waals surface area contributed by atoms with Gasteiger partial charge in [0.05, 0.1) is 22.9 Å². The van der Waals surface area contributed by atoms with Gasteiger partial charge in [-0.25, -0.2) is 0 Å². The first kappa shape index (κ1) is 9.41. The summed E-state index contributed by atoms with van der Waals surface area (Å²) in [5, 5.41) is 9.22. The third-order valence-corrected chi connectivity index (χ3v) is 3.18. The maximum atomic E-state index is 4.48. The Morgan fingerprint density at radius 3 is 3.00 bits per heavy atom. The number of benzene rings is 1. The first-order valence-electron chi connectivity index (χ1n) is 5.77. The molecule has 4 aromatic rings. The first-order chi connectivity index (χ1) is 8.92. The molecular formula is C14H10N4. The molecule has 0 amide bonds. The molecule has 0 aliphatic heterocycles. The van der Waals surface area contributed by atoms with E-state index in [9.17, 15) is 0 Å². The van der Waals surface area contributed by atoms with Crippen LogP contribution in [0.25, 0.3) is 33.1 Å². The van der Waals surface area contributed by atoms with Gasteiger partial charge in [0.25, 0.3) is 0 Å². The standard InChI is InChI=1S/C14H10N4/c1-2-4-12-9(3-1)5-10(6-15-12)14-11-7-17-18-13(11)8-16-14/h1-8,16,18H. The highest BCUT2D eigenvalue weighted by Crippen LogP contribution is 2.27. The lowest BCUT2D eigenvalue weighted by Gasteiger charge is -2.01. The van der Waals surface area contributed by atoms with Gasteiger partial charge < -0.3 is 4.98 Å². The molecule has 1 aromatic carbocycles. The minimum Gasteiger partial charge on any atom is -0.359 e. The highest BCUT2D eigenvalue weighted by atomic mass is 15.1. The van der Waals surface area contributed by atoms with E-state index in [-0.39, 0.29) is 0 Å². The summed E-state index contributed by atoms with van der Waals surface area (Å²) in [7, 11) is 0. The largest absolute Gasteiger partial charge is 0.359 e. The fourth-order valence-electron chi connectivity index (χ4n) is 2.27. The summed E-state index contributed by atoms with van der Waals surface area (Å²) in [6.07, 6.45) is 5.64. The Kier molecular flexibility index (Phi) is 1.80. The fourth-order valence-corrected chi connectivity index (χ4v) is 2.27. The first-order valence-corrected chi connectivity index (χ1v) is 5.77. The molecule has 0 fully saturated rings. The summed E-state index contributed by atoms with van der Waals surface area (Å²) in [6.45, 7) is 0. The third kappa shape index (κ3) is 1.26. The van der Waals surface area contributed by atoms with Crippen LogP contribution in [0.3, 0.4) is 0 Å². The predicted octanol–water partition coefficient (Wildman–Crippen LogP) is 3.11. The maximum Gasteiger partial charge on any atom is 0.0831 e. The number of aromatic nitrogens is 4. The van der Waals surface area contributed by atoms with Crippen molar-refractivity contribution in [1.82, 2.24) is 20.2 Å². The monoisotopic (exact) mass is 234 g/mol. The van der Waals surface area contributed by atoms with Gasteiger partial charge in [-0.15, -0.1) is 0 Å². The molecule has 0 spiro atoms. The van der Waals surface area contributed by atoms with Gasteiger partial charge in [0.1, 0.15) is 0 Å². The van der Waals surface area contributed by atoms with E-state index in [2.05, 4.69) is 32.3 Å². The number of rotatable bonds is 1. The predicted molar refractivity (Wildman–Crippen MR) is 71.2 cm³/mol. The molecule has 0 unspecified atom stereocenters. The molecule has 0 saturated carbocycles. The van der Waals surface area contributed by atoms with Gasteiger partial charge in [-0.2, -0.15) is 5.10 Å². The Labute approximate surface area is 103 Å². The third-order valence-electron chi connectivity index (χ3n) is 3.18. The van der Waals surface area contributed by atoms with Crippen LogP contribution in [0.4, 0.5) is 0 Å². The van der Waals surface area contributed by atoms with Gasteiger partial charge in [0.15, 0.2) is 0 Å². The summed E-state index contributed by atoms with van der Waals surface area (Å²) in [5.74, 6) is 0. The van der Waals surface area contributed by atoms with Gasteiger partial charge in [-0.3, -0.25) is 10.1 Å². The van der Waals surface area contributed by atoms with Crippen LogP contribution >= 0.6 is 0 Å². The highest BCUT2D eigenvalue weighted by Gasteiger charge is 2.08. The molecule has 18 heavy (non-hydrogen) atoms. The van der Waals surface area contributed by atoms with Crippen molar-refractivity contribution >= 4 is 21.8 Å². The zero-order valence-corrected chi connectivity index (χ0v) is 9.51. The van der Waals surface area contributed by atoms with Crippen molar-refractivity contribution in [2.75, 3.05) is 0 Å². The number of hydrogen-bond donors (Lipinski definition) is 2. The van der Waals surface area contributed by atoms with Crippen LogP contribution in [0.2, 0.25) is 0 Å². The Balaban J connectivity index is 1.99. The van der Waals surface area contributed by atoms with Gasteiger partial charge in [-0.05, 0) is 12.1 Å². The summed E-state index contributed by atoms with van der Waals surface area (Å²) < 4.78 is 0. The second-order valence-corrected chi connectivity index (χ2v) is 4.28. The smallest absolute Gasteiger partial charge is 0.0831 e. The summed E-state index contributed by atoms with van der Waals surface area (Å²) in [5.41, 5.74) is 4.15. The molecule has 0 aliphatic carbocycles. The van der Waals surface area contributed by atoms with Crippen molar-refractivity contribution in [3.63, 3.8) is 0 Å². The summed E-state index contributed by atoms with van der Waals surface area (Å²) in [6, 6.07) is 10.2. The molecule has 3 aromatic heterocycles. The molecule has 4 heteroatoms. The molecule has 4 rings (SSSR count). The molecule has 0 aliphatic rings. The normalized spacial score (nSPS) is 11.3. The van der Waals surface area contributed by atoms with Crippen molar-refractivity contribution in [3.8, 4) is 11.3 Å². The molecule has 0 radical (unpaired) electrons. The van der Waals surface area contributed by atoms with Crippen LogP contribution in [0.5, 0.6) is 0 Å². The van der Waals surface area contributed by atoms with Crippen LogP contribution in [0.1, 0.15) is 0 Å². The quantitative estimate of drug-likeness (QED) is 0.531. The van der Waals surface area contributed by atoms with Gasteiger partial charge in [0, 0.05) is 28.7 Å². The van der Waals surface area contributed by atoms with Crippen molar-refractivity contribution in [1.29, 1.82) is 0 Å². The molecule has 86 valence electrons. The molecule has 0 atom stereocenters. The number of fused-ring (bicyclic) bond motifs is 2. The molecule has 0 saturated heterocycles. The minimum absolute atomic E-state index is 1.01. The van der Waals surface area contributed by atoms with Crippen molar-refractivity contribution < 1.29 is 0 Å². The molecule has 2 N–H and O–H groups in total. The molecule has 4 nitrogen and oxygen atoms in total. The van der Waals surface area contributed by atoms with Crippen LogP contribution < -0.4 is 0 Å². The lowest BCUT2D eigenvalue weighted by Crippen LogP contribution is -1.83. The van der Waals surface area contributed by atoms with E-state index in [4.69, 9.17) is 0 Å². The van der Waals surface area contributed by atoms with Crippen LogP contribution in [-0.2, 0) is 0 Å². The molecule has 0 bridgehead atoms. The second-order valence-electron chi connectivity index (χ2n) is 4.28. The minimum atomic E-state index is 1.01. The van der Waals surface area contributed by atoms with E-state index in [0.717, 1.165) is 33.1 Å². The van der Waals surface area contributed by atoms with E-state index in [1.165, 1.54) is 0 Å². The van der Waals surface area contributed by atoms with Crippen molar-refractivity contribution in [2.24, 2.45) is 0 Å². The lowest BCUT2D eigenvalue weighted by molar-refractivity contribution is 1.11. The van der Waals surface area contributed by atoms with Crippen LogP contribution in [0.15, 0.2) is 48.9 Å². The number of hydrogen-bond acceptors (Lipinski definition) is 2. The number of pyridine rings is 1. The molecular weight excluding hydrogens is 224 g/mol. The zero-order valence-electron chi connectivity index (χ0n) is 9.51. The maximum absolute atomic E-state index is 4.48. The zero-order chi connectivity index (χ0) is 11.9. The Morgan fingerprint density at radius 1 is 1.06 bits per heavy atom. The number of nitrogens with one attached hydrogen (secondary N) is 2. The van der Waals surface area contributed by atoms with Gasteiger partial charge >= 0.3 is 0 Å². The average molecular weight is 234 g/mol. The van der Waals surface area contributed by atoms with Gasteiger partial charge in [0.2, 0.25) is 0 Å². The SMILES string of the molecule is c1ccc2ncc(-c3[nH]cc4[nH]ncc34)cc2c1. The fraction of sp³-hybridized carbons (Fsp3) is 0. The number of para-hydroxylation sites is 1. The Hall–Kier alpha value is -2.62. The van der Waals surface area contributed by atoms with E-state index in [0.29, 0.717) is 0 Å². The van der Waals surface area contributed by atoms with Crippen LogP contribution in [0, 0.1) is 0 Å². The van der Waals surface area contributed by atoms with Crippen molar-refractivity contribution in [2.45, 2.75) is 0 Å². The number of aromatic amines is 2. The topological polar surface area (TPSA) is 57.4 Å². The lowest BCUT2D eigenvalue weighted by atomic mass is 10.1. The Bertz CT molecular complexity index is 841. The second kappa shape index (κ2) is 3.43. The van der Waals surface area contributed by atoms with E-state index < -0.39 is 0 Å². The molecule has 3 heterocycles. The van der Waals surface area contributed by atoms with Crippen molar-refractivity contribution in [3.05, 3.63) is 48.9 Å². The van der Waals surface area contributed by atoms with E-state index in [1.807, 2.05) is 36.8 Å². The van der Waals surface area contributed by atoms with Gasteiger partial charge in [-0.1, -0.05) is 18.2 Å². The van der Waals surface area contributed by atoms with E-state index in [1.54, 1.807) is 0 Å². The summed E-state index contributed by atoms with van der Waals surface area (Å²) in [4.78, 5) is 7.74. The number of H-pyrrole nitrogens is 2. The Morgan fingerprint density at radius 2 is 2.00 bits per heavy atom. The van der Waals surface area contributed by atoms with E-state index >= 15 is 0 Å². The summed E-state index contributed by atoms with van der Waals surface area (Å²) >= 11 is 0. The highest BCUT2D eigenvalue weighted by molar-refractivity contribution is 5.95. The van der Waals surface area contributed by atoms with Crippen LogP contribution in [-0.4, -0.2) is 20.2 Å². The number of nitrogens with zero attached hydrogens (tertiary/aromatic N) is 2.